The van der Waals surface area contributed by atoms with E-state index in [4.69, 9.17) is 4.52 Å². The van der Waals surface area contributed by atoms with Gasteiger partial charge in [0, 0.05) is 36.8 Å². The summed E-state index contributed by atoms with van der Waals surface area (Å²) in [6.45, 7) is 0.546. The molecule has 0 aliphatic heterocycles. The van der Waals surface area contributed by atoms with Gasteiger partial charge in [-0.1, -0.05) is 18.0 Å². The third-order valence-corrected chi connectivity index (χ3v) is 3.77. The Balaban J connectivity index is 1.50. The van der Waals surface area contributed by atoms with Gasteiger partial charge in [0.15, 0.2) is 5.82 Å². The summed E-state index contributed by atoms with van der Waals surface area (Å²) in [6, 6.07) is 3.64. The lowest BCUT2D eigenvalue weighted by Crippen LogP contribution is -2.31. The summed E-state index contributed by atoms with van der Waals surface area (Å²) >= 11 is 0. The molecule has 0 aromatic carbocycles. The van der Waals surface area contributed by atoms with E-state index in [-0.39, 0.29) is 11.8 Å². The quantitative estimate of drug-likeness (QED) is 0.909. The predicted octanol–water partition coefficient (Wildman–Crippen LogP) is 1.98. The highest BCUT2D eigenvalue weighted by atomic mass is 16.5. The summed E-state index contributed by atoms with van der Waals surface area (Å²) in [6.07, 6.45) is 8.30. The third kappa shape index (κ3) is 3.45. The second kappa shape index (κ2) is 6.47. The van der Waals surface area contributed by atoms with E-state index in [2.05, 4.69) is 20.4 Å². The summed E-state index contributed by atoms with van der Waals surface area (Å²) in [7, 11) is 0. The lowest BCUT2D eigenvalue weighted by atomic mass is 10.1. The maximum Gasteiger partial charge on any atom is 0.258 e. The molecule has 0 atom stereocenters. The molecule has 0 bridgehead atoms. The van der Waals surface area contributed by atoms with E-state index in [9.17, 15) is 4.79 Å². The van der Waals surface area contributed by atoms with Gasteiger partial charge in [-0.25, -0.2) is 0 Å². The van der Waals surface area contributed by atoms with E-state index in [0.717, 1.165) is 31.2 Å². The van der Waals surface area contributed by atoms with Crippen LogP contribution in [0.15, 0.2) is 29.0 Å². The molecule has 2 aromatic heterocycles. The number of carbonyl (C=O) groups excluding carboxylic acids is 1. The summed E-state index contributed by atoms with van der Waals surface area (Å²) in [5.41, 5.74) is 0.846. The Morgan fingerprint density at radius 2 is 2.05 bits per heavy atom. The summed E-state index contributed by atoms with van der Waals surface area (Å²) in [5, 5.41) is 6.88. The molecule has 3 rings (SSSR count). The molecular formula is C15H18N4O2. The molecule has 1 N–H and O–H groups in total. The number of hydrogen-bond acceptors (Lipinski definition) is 5. The van der Waals surface area contributed by atoms with Crippen molar-refractivity contribution in [2.45, 2.75) is 32.1 Å². The van der Waals surface area contributed by atoms with E-state index in [1.807, 2.05) is 12.1 Å². The zero-order valence-corrected chi connectivity index (χ0v) is 11.8. The SMILES string of the molecule is O=C(NCCc1noc(-c2ccncc2)n1)C1CCCC1. The average molecular weight is 286 g/mol. The van der Waals surface area contributed by atoms with Crippen LogP contribution < -0.4 is 5.32 Å². The van der Waals surface area contributed by atoms with Crippen molar-refractivity contribution < 1.29 is 9.32 Å². The molecule has 1 saturated carbocycles. The van der Waals surface area contributed by atoms with Crippen LogP contribution in [0.5, 0.6) is 0 Å². The Kier molecular flexibility index (Phi) is 4.23. The van der Waals surface area contributed by atoms with Crippen molar-refractivity contribution in [2.75, 3.05) is 6.54 Å². The lowest BCUT2D eigenvalue weighted by Gasteiger charge is -2.08. The van der Waals surface area contributed by atoms with Crippen molar-refractivity contribution in [2.24, 2.45) is 5.92 Å². The van der Waals surface area contributed by atoms with E-state index < -0.39 is 0 Å². The first-order valence-electron chi connectivity index (χ1n) is 7.33. The standard InChI is InChI=1S/C15H18N4O2/c20-14(11-3-1-2-4-11)17-10-7-13-18-15(21-19-13)12-5-8-16-9-6-12/h5-6,8-9,11H,1-4,7,10H2,(H,17,20). The third-order valence-electron chi connectivity index (χ3n) is 3.77. The Bertz CT molecular complexity index is 591. The molecule has 2 aromatic rings. The van der Waals surface area contributed by atoms with Crippen LogP contribution in [0, 0.1) is 5.92 Å². The molecule has 6 nitrogen and oxygen atoms in total. The van der Waals surface area contributed by atoms with Gasteiger partial charge in [0.05, 0.1) is 0 Å². The van der Waals surface area contributed by atoms with E-state index in [1.54, 1.807) is 12.4 Å². The van der Waals surface area contributed by atoms with Crippen molar-refractivity contribution in [1.82, 2.24) is 20.4 Å². The highest BCUT2D eigenvalue weighted by Crippen LogP contribution is 2.24. The minimum absolute atomic E-state index is 0.158. The molecule has 0 spiro atoms. The van der Waals surface area contributed by atoms with Crippen LogP contribution in [-0.4, -0.2) is 27.6 Å². The first kappa shape index (κ1) is 13.7. The highest BCUT2D eigenvalue weighted by Gasteiger charge is 2.22. The molecule has 0 unspecified atom stereocenters. The van der Waals surface area contributed by atoms with Gasteiger partial charge in [0.2, 0.25) is 5.91 Å². The Labute approximate surface area is 123 Å². The summed E-state index contributed by atoms with van der Waals surface area (Å²) < 4.78 is 5.21. The fourth-order valence-electron chi connectivity index (χ4n) is 2.60. The number of rotatable bonds is 5. The number of amides is 1. The monoisotopic (exact) mass is 286 g/mol. The molecule has 1 aliphatic rings. The molecule has 0 radical (unpaired) electrons. The van der Waals surface area contributed by atoms with Crippen molar-refractivity contribution in [1.29, 1.82) is 0 Å². The van der Waals surface area contributed by atoms with Gasteiger partial charge in [-0.2, -0.15) is 4.98 Å². The average Bonchev–Trinajstić information content (AvgIpc) is 3.20. The molecule has 21 heavy (non-hydrogen) atoms. The minimum Gasteiger partial charge on any atom is -0.355 e. The van der Waals surface area contributed by atoms with Crippen LogP contribution >= 0.6 is 0 Å². The van der Waals surface area contributed by atoms with Crippen molar-refractivity contribution in [3.8, 4) is 11.5 Å². The number of aromatic nitrogens is 3. The van der Waals surface area contributed by atoms with Crippen LogP contribution in [0.1, 0.15) is 31.5 Å². The maximum atomic E-state index is 11.9. The molecule has 2 heterocycles. The van der Waals surface area contributed by atoms with E-state index >= 15 is 0 Å². The second-order valence-electron chi connectivity index (χ2n) is 5.27. The molecule has 1 amide bonds. The van der Waals surface area contributed by atoms with Crippen molar-refractivity contribution in [3.05, 3.63) is 30.4 Å². The van der Waals surface area contributed by atoms with Gasteiger partial charge in [0.1, 0.15) is 0 Å². The Hall–Kier alpha value is -2.24. The summed E-state index contributed by atoms with van der Waals surface area (Å²) in [4.78, 5) is 20.1. The summed E-state index contributed by atoms with van der Waals surface area (Å²) in [5.74, 6) is 1.44. The van der Waals surface area contributed by atoms with Crippen molar-refractivity contribution >= 4 is 5.91 Å². The van der Waals surface area contributed by atoms with Gasteiger partial charge < -0.3 is 9.84 Å². The zero-order valence-electron chi connectivity index (χ0n) is 11.8. The maximum absolute atomic E-state index is 11.9. The fourth-order valence-corrected chi connectivity index (χ4v) is 2.60. The molecule has 0 saturated heterocycles. The lowest BCUT2D eigenvalue weighted by molar-refractivity contribution is -0.124. The Morgan fingerprint density at radius 1 is 1.29 bits per heavy atom. The van der Waals surface area contributed by atoms with Gasteiger partial charge in [-0.15, -0.1) is 0 Å². The second-order valence-corrected chi connectivity index (χ2v) is 5.27. The molecule has 6 heteroatoms. The minimum atomic E-state index is 0.158. The largest absolute Gasteiger partial charge is 0.355 e. The zero-order chi connectivity index (χ0) is 14.5. The van der Waals surface area contributed by atoms with Crippen LogP contribution in [-0.2, 0) is 11.2 Å². The number of nitrogens with one attached hydrogen (secondary N) is 1. The molecular weight excluding hydrogens is 268 g/mol. The van der Waals surface area contributed by atoms with Gasteiger partial charge in [-0.05, 0) is 25.0 Å². The van der Waals surface area contributed by atoms with Crippen molar-refractivity contribution in [3.63, 3.8) is 0 Å². The number of carbonyl (C=O) groups is 1. The number of pyridine rings is 1. The number of nitrogens with zero attached hydrogens (tertiary/aromatic N) is 3. The van der Waals surface area contributed by atoms with Gasteiger partial charge >= 0.3 is 0 Å². The number of hydrogen-bond donors (Lipinski definition) is 1. The van der Waals surface area contributed by atoms with E-state index in [1.165, 1.54) is 0 Å². The topological polar surface area (TPSA) is 80.9 Å². The van der Waals surface area contributed by atoms with Gasteiger partial charge in [-0.3, -0.25) is 9.78 Å². The smallest absolute Gasteiger partial charge is 0.258 e. The Morgan fingerprint density at radius 3 is 2.81 bits per heavy atom. The first-order chi connectivity index (χ1) is 10.3. The fraction of sp³-hybridized carbons (Fsp3) is 0.467. The van der Waals surface area contributed by atoms with E-state index in [0.29, 0.717) is 24.7 Å². The predicted molar refractivity (Wildman–Crippen MR) is 76.2 cm³/mol. The van der Waals surface area contributed by atoms with Gasteiger partial charge in [0.25, 0.3) is 5.89 Å². The van der Waals surface area contributed by atoms with Crippen LogP contribution in [0.2, 0.25) is 0 Å². The first-order valence-corrected chi connectivity index (χ1v) is 7.33. The van der Waals surface area contributed by atoms with Crippen LogP contribution in [0.4, 0.5) is 0 Å². The molecule has 1 fully saturated rings. The highest BCUT2D eigenvalue weighted by molar-refractivity contribution is 5.78. The van der Waals surface area contributed by atoms with Crippen LogP contribution in [0.25, 0.3) is 11.5 Å². The normalized spacial score (nSPS) is 15.2. The molecule has 110 valence electrons. The molecule has 1 aliphatic carbocycles. The van der Waals surface area contributed by atoms with Crippen LogP contribution in [0.3, 0.4) is 0 Å².